The summed E-state index contributed by atoms with van der Waals surface area (Å²) in [5.74, 6) is 0.751. The highest BCUT2D eigenvalue weighted by atomic mass is 32.2. The zero-order valence-electron chi connectivity index (χ0n) is 14.8. The van der Waals surface area contributed by atoms with E-state index in [1.165, 1.54) is 6.42 Å². The highest BCUT2D eigenvalue weighted by molar-refractivity contribution is 7.89. The van der Waals surface area contributed by atoms with E-state index in [4.69, 9.17) is 4.74 Å². The van der Waals surface area contributed by atoms with Gasteiger partial charge in [0.05, 0.1) is 11.5 Å². The Hall–Kier alpha value is -1.59. The van der Waals surface area contributed by atoms with Gasteiger partial charge in [0.2, 0.25) is 10.0 Å². The molecule has 2 aromatic rings. The molecule has 1 N–H and O–H groups in total. The molecule has 0 radical (unpaired) electrons. The number of hydrogen-bond acceptors (Lipinski definition) is 3. The van der Waals surface area contributed by atoms with Crippen molar-refractivity contribution in [2.75, 3.05) is 6.61 Å². The standard InChI is InChI=1S/C20H27NO3S/c1-2-3-15-24-19-13-14-20(18-12-8-7-11-17(18)19)25(22,23)21-16-9-5-4-6-10-16/h7-8,11-14,16,21H,2-6,9-10,15H2,1H3. The van der Waals surface area contributed by atoms with Gasteiger partial charge in [0.15, 0.2) is 0 Å². The van der Waals surface area contributed by atoms with Crippen molar-refractivity contribution in [3.63, 3.8) is 0 Å². The molecule has 0 aliphatic heterocycles. The molecule has 5 heteroatoms. The van der Waals surface area contributed by atoms with Gasteiger partial charge < -0.3 is 4.74 Å². The number of rotatable bonds is 7. The van der Waals surface area contributed by atoms with Crippen LogP contribution in [0.4, 0.5) is 0 Å². The van der Waals surface area contributed by atoms with Crippen molar-refractivity contribution < 1.29 is 13.2 Å². The van der Waals surface area contributed by atoms with E-state index < -0.39 is 10.0 Å². The van der Waals surface area contributed by atoms with Gasteiger partial charge in [-0.25, -0.2) is 13.1 Å². The quantitative estimate of drug-likeness (QED) is 0.732. The van der Waals surface area contributed by atoms with E-state index in [-0.39, 0.29) is 6.04 Å². The molecule has 25 heavy (non-hydrogen) atoms. The molecule has 3 rings (SSSR count). The van der Waals surface area contributed by atoms with Gasteiger partial charge in [-0.1, -0.05) is 56.9 Å². The van der Waals surface area contributed by atoms with Crippen molar-refractivity contribution in [1.29, 1.82) is 0 Å². The zero-order valence-corrected chi connectivity index (χ0v) is 15.6. The Morgan fingerprint density at radius 3 is 2.48 bits per heavy atom. The fourth-order valence-corrected chi connectivity index (χ4v) is 4.95. The number of hydrogen-bond donors (Lipinski definition) is 1. The third kappa shape index (κ3) is 4.33. The minimum atomic E-state index is -3.53. The summed E-state index contributed by atoms with van der Waals surface area (Å²) < 4.78 is 34.6. The molecule has 4 nitrogen and oxygen atoms in total. The van der Waals surface area contributed by atoms with Crippen LogP contribution in [0.2, 0.25) is 0 Å². The van der Waals surface area contributed by atoms with E-state index in [2.05, 4.69) is 11.6 Å². The first kappa shape index (κ1) is 18.2. The molecule has 0 saturated heterocycles. The highest BCUT2D eigenvalue weighted by Crippen LogP contribution is 2.32. The van der Waals surface area contributed by atoms with E-state index in [1.807, 2.05) is 24.3 Å². The van der Waals surface area contributed by atoms with Crippen LogP contribution in [0.3, 0.4) is 0 Å². The summed E-state index contributed by atoms with van der Waals surface area (Å²) in [6, 6.07) is 11.1. The molecule has 0 bridgehead atoms. The molecule has 0 atom stereocenters. The van der Waals surface area contributed by atoms with Crippen LogP contribution in [0.5, 0.6) is 5.75 Å². The fourth-order valence-electron chi connectivity index (χ4n) is 3.43. The van der Waals surface area contributed by atoms with Gasteiger partial charge in [-0.15, -0.1) is 0 Å². The molecule has 1 aliphatic rings. The Morgan fingerprint density at radius 1 is 1.04 bits per heavy atom. The zero-order chi connectivity index (χ0) is 17.7. The average Bonchev–Trinajstić information content (AvgIpc) is 2.62. The molecule has 0 spiro atoms. The van der Waals surface area contributed by atoms with Crippen LogP contribution in [0.25, 0.3) is 10.8 Å². The monoisotopic (exact) mass is 361 g/mol. The Labute approximate surface area is 150 Å². The van der Waals surface area contributed by atoms with E-state index in [1.54, 1.807) is 12.1 Å². The second-order valence-electron chi connectivity index (χ2n) is 6.77. The second-order valence-corrected chi connectivity index (χ2v) is 8.45. The lowest BCUT2D eigenvalue weighted by molar-refractivity contribution is 0.313. The Balaban J connectivity index is 1.92. The summed E-state index contributed by atoms with van der Waals surface area (Å²) >= 11 is 0. The van der Waals surface area contributed by atoms with Gasteiger partial charge in [-0.3, -0.25) is 0 Å². The van der Waals surface area contributed by atoms with Gasteiger partial charge in [0.25, 0.3) is 0 Å². The molecule has 1 aliphatic carbocycles. The molecular formula is C20H27NO3S. The van der Waals surface area contributed by atoms with Gasteiger partial charge in [0.1, 0.15) is 5.75 Å². The van der Waals surface area contributed by atoms with Crippen LogP contribution in [-0.2, 0) is 10.0 Å². The third-order valence-electron chi connectivity index (χ3n) is 4.82. The lowest BCUT2D eigenvalue weighted by atomic mass is 9.96. The summed E-state index contributed by atoms with van der Waals surface area (Å²) in [7, 11) is -3.53. The van der Waals surface area contributed by atoms with E-state index in [0.717, 1.165) is 55.0 Å². The maximum absolute atomic E-state index is 12.9. The minimum absolute atomic E-state index is 0.0537. The summed E-state index contributed by atoms with van der Waals surface area (Å²) in [5, 5.41) is 1.57. The highest BCUT2D eigenvalue weighted by Gasteiger charge is 2.24. The smallest absolute Gasteiger partial charge is 0.241 e. The summed E-state index contributed by atoms with van der Waals surface area (Å²) in [4.78, 5) is 0.344. The second kappa shape index (κ2) is 8.19. The number of fused-ring (bicyclic) bond motifs is 1. The summed E-state index contributed by atoms with van der Waals surface area (Å²) in [5.41, 5.74) is 0. The molecule has 0 aromatic heterocycles. The van der Waals surface area contributed by atoms with Crippen LogP contribution in [0, 0.1) is 0 Å². The van der Waals surface area contributed by atoms with Crippen LogP contribution in [-0.4, -0.2) is 21.1 Å². The number of benzene rings is 2. The molecule has 0 heterocycles. The van der Waals surface area contributed by atoms with Gasteiger partial charge in [0, 0.05) is 16.8 Å². The predicted octanol–water partition coefficient (Wildman–Crippen LogP) is 4.63. The third-order valence-corrected chi connectivity index (χ3v) is 6.39. The molecule has 0 unspecified atom stereocenters. The summed E-state index contributed by atoms with van der Waals surface area (Å²) in [6.07, 6.45) is 7.29. The summed E-state index contributed by atoms with van der Waals surface area (Å²) in [6.45, 7) is 2.76. The number of unbranched alkanes of at least 4 members (excludes halogenated alkanes) is 1. The van der Waals surface area contributed by atoms with Crippen molar-refractivity contribution >= 4 is 20.8 Å². The van der Waals surface area contributed by atoms with Crippen molar-refractivity contribution in [3.8, 4) is 5.75 Å². The van der Waals surface area contributed by atoms with Crippen molar-refractivity contribution in [2.45, 2.75) is 62.8 Å². The SMILES string of the molecule is CCCCOc1ccc(S(=O)(=O)NC2CCCCC2)c2ccccc12. The maximum Gasteiger partial charge on any atom is 0.241 e. The first-order valence-electron chi connectivity index (χ1n) is 9.28. The Bertz CT molecular complexity index is 811. The van der Waals surface area contributed by atoms with Crippen LogP contribution >= 0.6 is 0 Å². The van der Waals surface area contributed by atoms with Crippen LogP contribution < -0.4 is 9.46 Å². The molecule has 1 fully saturated rings. The lowest BCUT2D eigenvalue weighted by Crippen LogP contribution is -2.36. The number of ether oxygens (including phenoxy) is 1. The van der Waals surface area contributed by atoms with Crippen LogP contribution in [0.15, 0.2) is 41.3 Å². The van der Waals surface area contributed by atoms with E-state index in [0.29, 0.717) is 11.5 Å². The lowest BCUT2D eigenvalue weighted by Gasteiger charge is -2.23. The molecule has 136 valence electrons. The predicted molar refractivity (Wildman–Crippen MR) is 102 cm³/mol. The van der Waals surface area contributed by atoms with Gasteiger partial charge in [-0.2, -0.15) is 0 Å². The van der Waals surface area contributed by atoms with Gasteiger partial charge in [-0.05, 0) is 31.4 Å². The first-order chi connectivity index (χ1) is 12.1. The van der Waals surface area contributed by atoms with Crippen LogP contribution in [0.1, 0.15) is 51.9 Å². The number of nitrogens with one attached hydrogen (secondary N) is 1. The first-order valence-corrected chi connectivity index (χ1v) is 10.8. The topological polar surface area (TPSA) is 55.4 Å². The Morgan fingerprint density at radius 2 is 1.76 bits per heavy atom. The largest absolute Gasteiger partial charge is 0.493 e. The van der Waals surface area contributed by atoms with E-state index in [9.17, 15) is 8.42 Å². The molecule has 0 amide bonds. The molecule has 1 saturated carbocycles. The maximum atomic E-state index is 12.9. The average molecular weight is 362 g/mol. The van der Waals surface area contributed by atoms with Crippen molar-refractivity contribution in [3.05, 3.63) is 36.4 Å². The van der Waals surface area contributed by atoms with E-state index >= 15 is 0 Å². The van der Waals surface area contributed by atoms with Crippen molar-refractivity contribution in [1.82, 2.24) is 4.72 Å². The van der Waals surface area contributed by atoms with Crippen molar-refractivity contribution in [2.24, 2.45) is 0 Å². The van der Waals surface area contributed by atoms with Gasteiger partial charge >= 0.3 is 0 Å². The molecule has 2 aromatic carbocycles. The number of sulfonamides is 1. The minimum Gasteiger partial charge on any atom is -0.493 e. The fraction of sp³-hybridized carbons (Fsp3) is 0.500. The molecular weight excluding hydrogens is 334 g/mol. The Kier molecular flexibility index (Phi) is 5.97. The normalized spacial score (nSPS) is 16.2.